The van der Waals surface area contributed by atoms with E-state index in [-0.39, 0.29) is 12.0 Å². The van der Waals surface area contributed by atoms with Gasteiger partial charge in [-0.15, -0.1) is 0 Å². The van der Waals surface area contributed by atoms with Gasteiger partial charge in [0.05, 0.1) is 16.8 Å². The molecule has 1 saturated heterocycles. The number of hydrogen-bond acceptors (Lipinski definition) is 3. The lowest BCUT2D eigenvalue weighted by molar-refractivity contribution is 0.0541. The van der Waals surface area contributed by atoms with Crippen molar-refractivity contribution in [1.29, 1.82) is 0 Å². The summed E-state index contributed by atoms with van der Waals surface area (Å²) in [7, 11) is 0. The first-order chi connectivity index (χ1) is 10.1. The highest BCUT2D eigenvalue weighted by molar-refractivity contribution is 6.32. The number of hydrogen-bond donors (Lipinski definition) is 1. The van der Waals surface area contributed by atoms with Crippen molar-refractivity contribution in [2.75, 3.05) is 13.1 Å². The van der Waals surface area contributed by atoms with Gasteiger partial charge in [-0.05, 0) is 31.0 Å². The maximum atomic E-state index is 12.4. The summed E-state index contributed by atoms with van der Waals surface area (Å²) >= 11 is 6.13. The van der Waals surface area contributed by atoms with Gasteiger partial charge in [-0.3, -0.25) is 4.79 Å². The van der Waals surface area contributed by atoms with E-state index in [1.54, 1.807) is 27.9 Å². The molecule has 1 amide bonds. The average molecular weight is 306 g/mol. The molecule has 6 heteroatoms. The second-order valence-corrected chi connectivity index (χ2v) is 5.53. The molecule has 1 fully saturated rings. The van der Waals surface area contributed by atoms with Crippen LogP contribution in [0.25, 0.3) is 5.69 Å². The Hall–Kier alpha value is -1.85. The molecule has 2 heterocycles. The molecule has 21 heavy (non-hydrogen) atoms. The molecule has 0 unspecified atom stereocenters. The number of rotatable bonds is 2. The van der Waals surface area contributed by atoms with Gasteiger partial charge in [0.2, 0.25) is 0 Å². The van der Waals surface area contributed by atoms with Crippen molar-refractivity contribution in [3.63, 3.8) is 0 Å². The molecule has 2 aromatic rings. The van der Waals surface area contributed by atoms with Crippen molar-refractivity contribution in [3.8, 4) is 5.69 Å². The fourth-order valence-electron chi connectivity index (χ4n) is 2.44. The van der Waals surface area contributed by atoms with Crippen LogP contribution in [0.5, 0.6) is 0 Å². The zero-order valence-corrected chi connectivity index (χ0v) is 12.2. The number of halogens is 1. The Morgan fingerprint density at radius 3 is 2.67 bits per heavy atom. The van der Waals surface area contributed by atoms with Gasteiger partial charge >= 0.3 is 0 Å². The van der Waals surface area contributed by atoms with E-state index in [0.717, 1.165) is 5.69 Å². The number of benzene rings is 1. The maximum Gasteiger partial charge on any atom is 0.274 e. The Bertz CT molecular complexity index is 648. The normalized spacial score (nSPS) is 16.2. The minimum atomic E-state index is -0.297. The molecule has 0 atom stereocenters. The van der Waals surface area contributed by atoms with E-state index in [4.69, 9.17) is 11.6 Å². The molecule has 1 N–H and O–H groups in total. The third-order valence-electron chi connectivity index (χ3n) is 3.66. The first-order valence-electron chi connectivity index (χ1n) is 6.93. The molecular formula is C15H16ClN3O2. The Morgan fingerprint density at radius 1 is 1.24 bits per heavy atom. The monoisotopic (exact) mass is 305 g/mol. The lowest BCUT2D eigenvalue weighted by Crippen LogP contribution is -2.40. The van der Waals surface area contributed by atoms with Crippen LogP contribution in [-0.4, -0.2) is 44.9 Å². The van der Waals surface area contributed by atoms with Crippen molar-refractivity contribution < 1.29 is 9.90 Å². The molecule has 0 spiro atoms. The van der Waals surface area contributed by atoms with Crippen molar-refractivity contribution >= 4 is 17.5 Å². The Labute approximate surface area is 127 Å². The second-order valence-electron chi connectivity index (χ2n) is 5.12. The molecule has 0 saturated carbocycles. The first-order valence-corrected chi connectivity index (χ1v) is 7.31. The summed E-state index contributed by atoms with van der Waals surface area (Å²) in [5.74, 6) is -0.104. The van der Waals surface area contributed by atoms with Gasteiger partial charge in [0.15, 0.2) is 5.69 Å². The quantitative estimate of drug-likeness (QED) is 0.924. The van der Waals surface area contributed by atoms with Crippen molar-refractivity contribution in [2.45, 2.75) is 18.9 Å². The van der Waals surface area contributed by atoms with Gasteiger partial charge < -0.3 is 10.0 Å². The summed E-state index contributed by atoms with van der Waals surface area (Å²) in [6, 6.07) is 9.04. The highest BCUT2D eigenvalue weighted by Gasteiger charge is 2.23. The summed E-state index contributed by atoms with van der Waals surface area (Å²) in [4.78, 5) is 14.1. The lowest BCUT2D eigenvalue weighted by atomic mass is 10.1. The molecule has 3 rings (SSSR count). The van der Waals surface area contributed by atoms with Gasteiger partial charge in [0.25, 0.3) is 5.91 Å². The minimum absolute atomic E-state index is 0.104. The van der Waals surface area contributed by atoms with E-state index in [1.165, 1.54) is 0 Å². The molecular weight excluding hydrogens is 290 g/mol. The summed E-state index contributed by atoms with van der Waals surface area (Å²) in [6.45, 7) is 1.14. The first kappa shape index (κ1) is 14.1. The van der Waals surface area contributed by atoms with E-state index in [1.807, 2.05) is 18.2 Å². The summed E-state index contributed by atoms with van der Waals surface area (Å²) in [6.07, 6.45) is 2.68. The van der Waals surface area contributed by atoms with Gasteiger partial charge in [-0.1, -0.05) is 23.7 Å². The minimum Gasteiger partial charge on any atom is -0.393 e. The number of aliphatic hydroxyl groups excluding tert-OH is 1. The van der Waals surface area contributed by atoms with Crippen LogP contribution in [0, 0.1) is 0 Å². The second kappa shape index (κ2) is 5.87. The fraction of sp³-hybridized carbons (Fsp3) is 0.333. The van der Waals surface area contributed by atoms with Crippen LogP contribution in [0.15, 0.2) is 36.5 Å². The van der Waals surface area contributed by atoms with Crippen LogP contribution in [0.1, 0.15) is 23.3 Å². The molecule has 1 aromatic heterocycles. The number of nitrogens with zero attached hydrogens (tertiary/aromatic N) is 3. The van der Waals surface area contributed by atoms with E-state index in [9.17, 15) is 9.90 Å². The molecule has 0 radical (unpaired) electrons. The van der Waals surface area contributed by atoms with Crippen molar-refractivity contribution in [2.24, 2.45) is 0 Å². The summed E-state index contributed by atoms with van der Waals surface area (Å²) in [5.41, 5.74) is 1.14. The highest BCUT2D eigenvalue weighted by Crippen LogP contribution is 2.20. The van der Waals surface area contributed by atoms with E-state index in [0.29, 0.717) is 36.6 Å². The van der Waals surface area contributed by atoms with Gasteiger partial charge in [0, 0.05) is 19.3 Å². The third kappa shape index (κ3) is 2.94. The molecule has 0 bridgehead atoms. The lowest BCUT2D eigenvalue weighted by Gasteiger charge is -2.28. The van der Waals surface area contributed by atoms with Crippen LogP contribution < -0.4 is 0 Å². The van der Waals surface area contributed by atoms with Gasteiger partial charge in [0.1, 0.15) is 0 Å². The van der Waals surface area contributed by atoms with Gasteiger partial charge in [-0.25, -0.2) is 4.68 Å². The number of para-hydroxylation sites is 1. The third-order valence-corrected chi connectivity index (χ3v) is 3.98. The van der Waals surface area contributed by atoms with Crippen molar-refractivity contribution in [1.82, 2.24) is 14.7 Å². The summed E-state index contributed by atoms with van der Waals surface area (Å²) in [5, 5.41) is 14.4. The fourth-order valence-corrected chi connectivity index (χ4v) is 2.66. The van der Waals surface area contributed by atoms with E-state index < -0.39 is 0 Å². The molecule has 1 aromatic carbocycles. The standard InChI is InChI=1S/C15H16ClN3O2/c16-12-3-1-2-4-14(12)19-10-7-13(17-19)15(21)18-8-5-11(20)6-9-18/h1-4,7,10-11,20H,5-6,8-9H2. The predicted molar refractivity (Wildman–Crippen MR) is 79.7 cm³/mol. The van der Waals surface area contributed by atoms with Crippen LogP contribution in [0.4, 0.5) is 0 Å². The Kier molecular flexibility index (Phi) is 3.94. The number of aromatic nitrogens is 2. The maximum absolute atomic E-state index is 12.4. The molecule has 5 nitrogen and oxygen atoms in total. The molecule has 0 aliphatic carbocycles. The topological polar surface area (TPSA) is 58.4 Å². The average Bonchev–Trinajstić information content (AvgIpc) is 2.97. The molecule has 110 valence electrons. The van der Waals surface area contributed by atoms with Crippen LogP contribution >= 0.6 is 11.6 Å². The number of amides is 1. The van der Waals surface area contributed by atoms with Crippen LogP contribution in [0.3, 0.4) is 0 Å². The van der Waals surface area contributed by atoms with Crippen LogP contribution in [-0.2, 0) is 0 Å². The van der Waals surface area contributed by atoms with Crippen LogP contribution in [0.2, 0.25) is 5.02 Å². The zero-order chi connectivity index (χ0) is 14.8. The predicted octanol–water partition coefficient (Wildman–Crippen LogP) is 2.12. The number of carbonyl (C=O) groups is 1. The highest BCUT2D eigenvalue weighted by atomic mass is 35.5. The van der Waals surface area contributed by atoms with E-state index >= 15 is 0 Å². The number of piperidine rings is 1. The molecule has 1 aliphatic heterocycles. The van der Waals surface area contributed by atoms with E-state index in [2.05, 4.69) is 5.10 Å². The number of carbonyl (C=O) groups excluding carboxylic acids is 1. The smallest absolute Gasteiger partial charge is 0.274 e. The summed E-state index contributed by atoms with van der Waals surface area (Å²) < 4.78 is 1.61. The Balaban J connectivity index is 1.79. The largest absolute Gasteiger partial charge is 0.393 e. The molecule has 1 aliphatic rings. The zero-order valence-electron chi connectivity index (χ0n) is 11.4. The van der Waals surface area contributed by atoms with Crippen molar-refractivity contribution in [3.05, 3.63) is 47.2 Å². The SMILES string of the molecule is O=C(c1ccn(-c2ccccc2Cl)n1)N1CCC(O)CC1. The number of likely N-dealkylation sites (tertiary alicyclic amines) is 1. The van der Waals surface area contributed by atoms with Gasteiger partial charge in [-0.2, -0.15) is 5.10 Å². The Morgan fingerprint density at radius 2 is 1.95 bits per heavy atom. The number of aliphatic hydroxyl groups is 1.